The number of amides is 3. The zero-order valence-electron chi connectivity index (χ0n) is 32.1. The number of aromatic nitrogens is 5. The maximum absolute atomic E-state index is 12.5. The molecule has 2 fully saturated rings. The Hall–Kier alpha value is -5.62. The molecule has 15 heteroatoms. The molecular weight excluding hydrogens is 760 g/mol. The fourth-order valence-corrected chi connectivity index (χ4v) is 9.15. The summed E-state index contributed by atoms with van der Waals surface area (Å²) >= 11 is 7.85. The summed E-state index contributed by atoms with van der Waals surface area (Å²) in [4.78, 5) is 46.2. The third-order valence-corrected chi connectivity index (χ3v) is 12.4. The Morgan fingerprint density at radius 3 is 2.61 bits per heavy atom. The number of rotatable bonds is 10. The van der Waals surface area contributed by atoms with Crippen molar-refractivity contribution in [2.24, 2.45) is 4.99 Å². The molecule has 2 aromatic carbocycles. The van der Waals surface area contributed by atoms with Crippen molar-refractivity contribution in [3.05, 3.63) is 110 Å². The van der Waals surface area contributed by atoms with E-state index in [0.29, 0.717) is 30.9 Å². The zero-order chi connectivity index (χ0) is 39.6. The van der Waals surface area contributed by atoms with Crippen LogP contribution in [0.2, 0.25) is 5.02 Å². The van der Waals surface area contributed by atoms with Crippen molar-refractivity contribution in [2.75, 3.05) is 25.0 Å². The number of thiophene rings is 1. The molecule has 2 N–H and O–H groups in total. The molecule has 0 aliphatic carbocycles. The second-order valence-electron chi connectivity index (χ2n) is 14.8. The maximum Gasteiger partial charge on any atom is 0.249 e. The molecule has 0 saturated carbocycles. The Bertz CT molecular complexity index is 2430. The van der Waals surface area contributed by atoms with Crippen molar-refractivity contribution in [2.45, 2.75) is 78.2 Å². The Morgan fingerprint density at radius 2 is 1.84 bits per heavy atom. The third kappa shape index (κ3) is 8.14. The van der Waals surface area contributed by atoms with E-state index < -0.39 is 11.9 Å². The summed E-state index contributed by atoms with van der Waals surface area (Å²) in [6, 6.07) is 13.5. The smallest absolute Gasteiger partial charge is 0.249 e. The lowest BCUT2D eigenvalue weighted by Gasteiger charge is -2.34. The van der Waals surface area contributed by atoms with Crippen molar-refractivity contribution in [1.82, 2.24) is 39.7 Å². The molecule has 5 aromatic rings. The second-order valence-corrected chi connectivity index (χ2v) is 16.2. The first-order valence-corrected chi connectivity index (χ1v) is 20.4. The van der Waals surface area contributed by atoms with Crippen molar-refractivity contribution < 1.29 is 14.4 Å². The van der Waals surface area contributed by atoms with Gasteiger partial charge in [0.2, 0.25) is 18.2 Å². The molecule has 3 aromatic heterocycles. The van der Waals surface area contributed by atoms with E-state index in [9.17, 15) is 14.4 Å². The molecule has 1 unspecified atom stereocenters. The molecule has 8 rings (SSSR count). The number of hydrogen-bond donors (Lipinski definition) is 2. The minimum Gasteiger partial charge on any atom is -0.382 e. The van der Waals surface area contributed by atoms with Gasteiger partial charge in [0.25, 0.3) is 0 Å². The Morgan fingerprint density at radius 1 is 1.04 bits per heavy atom. The van der Waals surface area contributed by atoms with Gasteiger partial charge in [-0.25, -0.2) is 0 Å². The van der Waals surface area contributed by atoms with Crippen molar-refractivity contribution >= 4 is 52.6 Å². The number of nitrogens with one attached hydrogen (secondary N) is 2. The molecule has 292 valence electrons. The molecule has 0 bridgehead atoms. The van der Waals surface area contributed by atoms with Gasteiger partial charge in [0.1, 0.15) is 23.4 Å². The fraction of sp³-hybridized carbons (Fsp3) is 0.357. The van der Waals surface area contributed by atoms with E-state index in [0.717, 1.165) is 105 Å². The van der Waals surface area contributed by atoms with Crippen LogP contribution in [0.25, 0.3) is 5.00 Å². The summed E-state index contributed by atoms with van der Waals surface area (Å²) in [5.41, 5.74) is 7.84. The largest absolute Gasteiger partial charge is 0.382 e. The monoisotopic (exact) mass is 802 g/mol. The molecule has 3 aliphatic heterocycles. The predicted octanol–water partition coefficient (Wildman–Crippen LogP) is 5.19. The van der Waals surface area contributed by atoms with Gasteiger partial charge < -0.3 is 15.1 Å². The summed E-state index contributed by atoms with van der Waals surface area (Å²) in [7, 11) is 0. The normalized spacial score (nSPS) is 17.1. The van der Waals surface area contributed by atoms with E-state index in [1.54, 1.807) is 11.3 Å². The van der Waals surface area contributed by atoms with E-state index in [-0.39, 0.29) is 18.4 Å². The van der Waals surface area contributed by atoms with Crippen LogP contribution in [0.4, 0.5) is 5.69 Å². The van der Waals surface area contributed by atoms with Gasteiger partial charge in [-0.2, -0.15) is 5.10 Å². The average molecular weight is 803 g/mol. The summed E-state index contributed by atoms with van der Waals surface area (Å²) in [5.74, 6) is 7.68. The number of carbonyl (C=O) groups excluding carboxylic acids is 3. The maximum atomic E-state index is 12.5. The lowest BCUT2D eigenvalue weighted by Crippen LogP contribution is -2.51. The SMILES string of the molecule is Cc1cccc(NC2CCN(CCn3cc(C#Cc4sc5c(c4C)C(c4ccc(Cl)cc4)=NCc4nnc(C)n4-5)cn3)CC2)c1CN(C=O)C1CCC(=O)NC1=O. The number of aryl methyl sites for hydroxylation is 2. The number of nitrogens with zero attached hydrogens (tertiary/aromatic N) is 8. The molecule has 13 nitrogen and oxygen atoms in total. The number of hydrogen-bond acceptors (Lipinski definition) is 10. The molecule has 2 saturated heterocycles. The molecule has 3 amide bonds. The number of imide groups is 1. The van der Waals surface area contributed by atoms with E-state index in [4.69, 9.17) is 16.6 Å². The van der Waals surface area contributed by atoms with Gasteiger partial charge in [-0.05, 0) is 74.9 Å². The van der Waals surface area contributed by atoms with Crippen LogP contribution in [-0.4, -0.2) is 90.0 Å². The van der Waals surface area contributed by atoms with Gasteiger partial charge in [0, 0.05) is 66.7 Å². The van der Waals surface area contributed by atoms with Crippen LogP contribution in [0.5, 0.6) is 0 Å². The highest BCUT2D eigenvalue weighted by Gasteiger charge is 2.32. The van der Waals surface area contributed by atoms with Crippen LogP contribution in [0, 0.1) is 32.6 Å². The quantitative estimate of drug-likeness (QED) is 0.112. The first-order valence-electron chi connectivity index (χ1n) is 19.2. The fourth-order valence-electron chi connectivity index (χ4n) is 7.79. The van der Waals surface area contributed by atoms with Gasteiger partial charge in [0.05, 0.1) is 28.9 Å². The van der Waals surface area contributed by atoms with Crippen LogP contribution in [0.1, 0.15) is 75.6 Å². The van der Waals surface area contributed by atoms with Crippen LogP contribution in [0.15, 0.2) is 59.9 Å². The summed E-state index contributed by atoms with van der Waals surface area (Å²) in [5, 5.41) is 21.2. The number of benzene rings is 2. The lowest BCUT2D eigenvalue weighted by atomic mass is 10.00. The van der Waals surface area contributed by atoms with Gasteiger partial charge >= 0.3 is 0 Å². The topological polar surface area (TPSA) is 143 Å². The van der Waals surface area contributed by atoms with Gasteiger partial charge in [-0.1, -0.05) is 47.7 Å². The number of fused-ring (bicyclic) bond motifs is 3. The van der Waals surface area contributed by atoms with Gasteiger partial charge in [0.15, 0.2) is 5.82 Å². The number of carbonyl (C=O) groups is 3. The molecule has 0 radical (unpaired) electrons. The number of likely N-dealkylation sites (tertiary alicyclic amines) is 1. The Kier molecular flexibility index (Phi) is 11.1. The van der Waals surface area contributed by atoms with E-state index in [1.165, 1.54) is 4.90 Å². The highest BCUT2D eigenvalue weighted by Crippen LogP contribution is 2.36. The average Bonchev–Trinajstić information content (AvgIpc) is 3.88. The van der Waals surface area contributed by atoms with Crippen molar-refractivity contribution in [3.8, 4) is 16.8 Å². The first-order chi connectivity index (χ1) is 27.6. The van der Waals surface area contributed by atoms with E-state index in [1.807, 2.05) is 73.4 Å². The van der Waals surface area contributed by atoms with Crippen molar-refractivity contribution in [1.29, 1.82) is 0 Å². The number of piperidine rings is 2. The number of aliphatic imine (C=N–C) groups is 1. The predicted molar refractivity (Wildman–Crippen MR) is 220 cm³/mol. The highest BCUT2D eigenvalue weighted by atomic mass is 35.5. The van der Waals surface area contributed by atoms with Gasteiger partial charge in [-0.3, -0.25) is 33.9 Å². The summed E-state index contributed by atoms with van der Waals surface area (Å²) < 4.78 is 4.06. The minimum atomic E-state index is -0.659. The van der Waals surface area contributed by atoms with Gasteiger partial charge in [-0.15, -0.1) is 21.5 Å². The standard InChI is InChI=1S/C42H43ClN10O3S/c1-26-5-4-6-34(33(26)24-51(25-54)35-12-14-38(55)47-41(35)56)46-32-15-17-50(18-16-32)19-20-52-23-29(21-45-52)7-13-36-27(2)39-40(30-8-10-31(43)11-9-30)44-22-37-49-48-28(3)53(37)42(39)57-36/h4-6,8-11,21,23,25,32,35,46H,12,14-20,22,24H2,1-3H3,(H,47,55,56). The first kappa shape index (κ1) is 38.3. The van der Waals surface area contributed by atoms with Crippen LogP contribution in [0.3, 0.4) is 0 Å². The molecule has 0 spiro atoms. The highest BCUT2D eigenvalue weighted by molar-refractivity contribution is 7.15. The van der Waals surface area contributed by atoms with Crippen LogP contribution in [-0.2, 0) is 34.0 Å². The molecule has 3 aliphatic rings. The Labute approximate surface area is 340 Å². The zero-order valence-corrected chi connectivity index (χ0v) is 33.7. The molecule has 57 heavy (non-hydrogen) atoms. The second kappa shape index (κ2) is 16.5. The third-order valence-electron chi connectivity index (χ3n) is 11.0. The molecule has 1 atom stereocenters. The minimum absolute atomic E-state index is 0.224. The molecular formula is C42H43ClN10O3S. The number of halogens is 1. The lowest BCUT2D eigenvalue weighted by molar-refractivity contribution is -0.141. The van der Waals surface area contributed by atoms with Crippen molar-refractivity contribution in [3.63, 3.8) is 0 Å². The van der Waals surface area contributed by atoms with E-state index in [2.05, 4.69) is 54.2 Å². The summed E-state index contributed by atoms with van der Waals surface area (Å²) in [6.07, 6.45) is 7.04. The van der Waals surface area contributed by atoms with Crippen LogP contribution >= 0.6 is 22.9 Å². The Balaban J connectivity index is 0.886. The summed E-state index contributed by atoms with van der Waals surface area (Å²) in [6.45, 7) is 10.3. The van der Waals surface area contributed by atoms with E-state index >= 15 is 0 Å². The molecule has 6 heterocycles. The van der Waals surface area contributed by atoms with Crippen LogP contribution < -0.4 is 10.6 Å². The number of anilines is 1.